The molecule has 3 amide bonds. The number of nitrogens with one attached hydrogen (secondary N) is 3. The smallest absolute Gasteiger partial charge is 0.319 e. The minimum absolute atomic E-state index is 0.233. The number of hydrogen-bond acceptors (Lipinski definition) is 3. The highest BCUT2D eigenvalue weighted by molar-refractivity contribution is 7.99. The first-order valence-corrected chi connectivity index (χ1v) is 8.34. The zero-order valence-corrected chi connectivity index (χ0v) is 13.6. The maximum Gasteiger partial charge on any atom is 0.319 e. The van der Waals surface area contributed by atoms with Crippen molar-refractivity contribution in [1.29, 1.82) is 0 Å². The number of carbonyl (C=O) groups is 2. The summed E-state index contributed by atoms with van der Waals surface area (Å²) in [5.74, 6) is 0.231. The highest BCUT2D eigenvalue weighted by Gasteiger charge is 2.25. The zero-order chi connectivity index (χ0) is 16.2. The highest BCUT2D eigenvalue weighted by atomic mass is 35.5. The van der Waals surface area contributed by atoms with Crippen molar-refractivity contribution >= 4 is 46.7 Å². The molecule has 23 heavy (non-hydrogen) atoms. The van der Waals surface area contributed by atoms with E-state index in [1.54, 1.807) is 24.3 Å². The van der Waals surface area contributed by atoms with Crippen LogP contribution in [0.15, 0.2) is 53.4 Å². The molecule has 0 aromatic heterocycles. The molecule has 0 unspecified atom stereocenters. The Labute approximate surface area is 142 Å². The molecule has 3 rings (SSSR count). The Balaban J connectivity index is 1.64. The number of hydrogen-bond donors (Lipinski definition) is 3. The fraction of sp³-hybridized carbons (Fsp3) is 0.125. The number of fused-ring (bicyclic) bond motifs is 1. The van der Waals surface area contributed by atoms with Gasteiger partial charge in [0, 0.05) is 21.4 Å². The van der Waals surface area contributed by atoms with Crippen molar-refractivity contribution in [3.05, 3.63) is 53.6 Å². The largest absolute Gasteiger partial charge is 0.325 e. The topological polar surface area (TPSA) is 70.2 Å². The summed E-state index contributed by atoms with van der Waals surface area (Å²) in [5, 5.41) is 8.71. The van der Waals surface area contributed by atoms with E-state index in [0.29, 0.717) is 16.5 Å². The first-order chi connectivity index (χ1) is 11.1. The van der Waals surface area contributed by atoms with Crippen molar-refractivity contribution in [2.24, 2.45) is 0 Å². The Bertz CT molecular complexity index is 754. The Morgan fingerprint density at radius 3 is 2.87 bits per heavy atom. The summed E-state index contributed by atoms with van der Waals surface area (Å²) in [4.78, 5) is 25.3. The molecule has 3 N–H and O–H groups in total. The normalized spacial score (nSPS) is 16.7. The summed E-state index contributed by atoms with van der Waals surface area (Å²) in [6, 6.07) is 13.3. The van der Waals surface area contributed by atoms with Gasteiger partial charge in [-0.1, -0.05) is 29.8 Å². The summed E-state index contributed by atoms with van der Waals surface area (Å²) >= 11 is 7.40. The quantitative estimate of drug-likeness (QED) is 0.777. The van der Waals surface area contributed by atoms with Gasteiger partial charge in [0.05, 0.1) is 5.69 Å². The summed E-state index contributed by atoms with van der Waals surface area (Å²) in [5.41, 5.74) is 1.34. The van der Waals surface area contributed by atoms with Gasteiger partial charge in [0.15, 0.2) is 0 Å². The van der Waals surface area contributed by atoms with Crippen LogP contribution in [0.25, 0.3) is 0 Å². The molecule has 1 aliphatic rings. The van der Waals surface area contributed by atoms with E-state index in [1.807, 2.05) is 24.3 Å². The van der Waals surface area contributed by atoms with Gasteiger partial charge in [-0.15, -0.1) is 11.8 Å². The van der Waals surface area contributed by atoms with Crippen LogP contribution in [0.5, 0.6) is 0 Å². The maximum absolute atomic E-state index is 12.2. The lowest BCUT2D eigenvalue weighted by Crippen LogP contribution is -2.46. The molecule has 0 radical (unpaired) electrons. The summed E-state index contributed by atoms with van der Waals surface area (Å²) in [6.07, 6.45) is 0. The van der Waals surface area contributed by atoms with Crippen LogP contribution < -0.4 is 16.0 Å². The molecule has 7 heteroatoms. The number of benzene rings is 2. The predicted molar refractivity (Wildman–Crippen MR) is 93.2 cm³/mol. The third-order valence-corrected chi connectivity index (χ3v) is 4.66. The van der Waals surface area contributed by atoms with E-state index in [9.17, 15) is 9.59 Å². The summed E-state index contributed by atoms with van der Waals surface area (Å²) in [6.45, 7) is 0. The molecule has 1 heterocycles. The minimum atomic E-state index is -0.619. The van der Waals surface area contributed by atoms with Crippen molar-refractivity contribution in [2.45, 2.75) is 10.9 Å². The molecule has 0 saturated heterocycles. The van der Waals surface area contributed by atoms with Gasteiger partial charge < -0.3 is 16.0 Å². The van der Waals surface area contributed by atoms with Gasteiger partial charge in [0.1, 0.15) is 6.04 Å². The van der Waals surface area contributed by atoms with Crippen LogP contribution >= 0.6 is 23.4 Å². The summed E-state index contributed by atoms with van der Waals surface area (Å²) in [7, 11) is 0. The molecular formula is C16H14ClN3O2S. The molecule has 5 nitrogen and oxygen atoms in total. The van der Waals surface area contributed by atoms with Gasteiger partial charge >= 0.3 is 6.03 Å². The molecule has 0 fully saturated rings. The fourth-order valence-corrected chi connectivity index (χ4v) is 3.38. The van der Waals surface area contributed by atoms with Gasteiger partial charge in [-0.05, 0) is 30.3 Å². The number of carbonyl (C=O) groups excluding carboxylic acids is 2. The van der Waals surface area contributed by atoms with E-state index in [-0.39, 0.29) is 5.91 Å². The lowest BCUT2D eigenvalue weighted by Gasteiger charge is -2.15. The van der Waals surface area contributed by atoms with E-state index in [1.165, 1.54) is 11.8 Å². The lowest BCUT2D eigenvalue weighted by molar-refractivity contribution is -0.117. The third-order valence-electron chi connectivity index (χ3n) is 3.25. The molecule has 2 aromatic rings. The first kappa shape index (κ1) is 15.7. The number of thioether (sulfide) groups is 1. The molecule has 118 valence electrons. The standard InChI is InChI=1S/C16H14ClN3O2S/c17-10-4-3-5-11(8-10)18-16(22)20-13-9-23-14-7-2-1-6-12(14)19-15(13)21/h1-8,13H,9H2,(H,19,21)(H2,18,20,22)/t13-/m1/s1. The second kappa shape index (κ2) is 6.93. The van der Waals surface area contributed by atoms with E-state index >= 15 is 0 Å². The Kier molecular flexibility index (Phi) is 4.73. The summed E-state index contributed by atoms with van der Waals surface area (Å²) < 4.78 is 0. The predicted octanol–water partition coefficient (Wildman–Crippen LogP) is 3.57. The fourth-order valence-electron chi connectivity index (χ4n) is 2.16. The monoisotopic (exact) mass is 347 g/mol. The molecule has 0 bridgehead atoms. The van der Waals surface area contributed by atoms with Gasteiger partial charge in [-0.25, -0.2) is 4.79 Å². The number of halogens is 1. The van der Waals surface area contributed by atoms with Crippen molar-refractivity contribution in [3.8, 4) is 0 Å². The van der Waals surface area contributed by atoms with Gasteiger partial charge in [-0.3, -0.25) is 4.79 Å². The van der Waals surface area contributed by atoms with E-state index in [4.69, 9.17) is 11.6 Å². The van der Waals surface area contributed by atoms with Crippen LogP contribution in [0.1, 0.15) is 0 Å². The van der Waals surface area contributed by atoms with Crippen LogP contribution in [-0.4, -0.2) is 23.7 Å². The first-order valence-electron chi connectivity index (χ1n) is 6.97. The Morgan fingerprint density at radius 1 is 1.22 bits per heavy atom. The van der Waals surface area contributed by atoms with E-state index in [2.05, 4.69) is 16.0 Å². The second-order valence-corrected chi connectivity index (χ2v) is 6.46. The molecule has 0 spiro atoms. The van der Waals surface area contributed by atoms with E-state index < -0.39 is 12.1 Å². The second-order valence-electron chi connectivity index (χ2n) is 4.96. The van der Waals surface area contributed by atoms with Gasteiger partial charge in [-0.2, -0.15) is 0 Å². The number of amides is 3. The Morgan fingerprint density at radius 2 is 2.04 bits per heavy atom. The van der Waals surface area contributed by atoms with Crippen molar-refractivity contribution in [2.75, 3.05) is 16.4 Å². The molecule has 0 saturated carbocycles. The average Bonchev–Trinajstić information content (AvgIpc) is 2.67. The van der Waals surface area contributed by atoms with Crippen molar-refractivity contribution in [3.63, 3.8) is 0 Å². The van der Waals surface area contributed by atoms with Crippen molar-refractivity contribution < 1.29 is 9.59 Å². The van der Waals surface area contributed by atoms with Crippen LogP contribution in [0.2, 0.25) is 5.02 Å². The van der Waals surface area contributed by atoms with Crippen LogP contribution in [-0.2, 0) is 4.79 Å². The average molecular weight is 348 g/mol. The van der Waals surface area contributed by atoms with Crippen LogP contribution in [0.3, 0.4) is 0 Å². The minimum Gasteiger partial charge on any atom is -0.325 e. The van der Waals surface area contributed by atoms with Crippen LogP contribution in [0, 0.1) is 0 Å². The van der Waals surface area contributed by atoms with Gasteiger partial charge in [0.25, 0.3) is 0 Å². The number of para-hydroxylation sites is 1. The molecular weight excluding hydrogens is 334 g/mol. The highest BCUT2D eigenvalue weighted by Crippen LogP contribution is 2.30. The molecule has 0 aliphatic carbocycles. The van der Waals surface area contributed by atoms with E-state index in [0.717, 1.165) is 10.6 Å². The Hall–Kier alpha value is -2.18. The van der Waals surface area contributed by atoms with Gasteiger partial charge in [0.2, 0.25) is 5.91 Å². The maximum atomic E-state index is 12.2. The van der Waals surface area contributed by atoms with Crippen molar-refractivity contribution in [1.82, 2.24) is 5.32 Å². The molecule has 2 aromatic carbocycles. The number of anilines is 2. The zero-order valence-electron chi connectivity index (χ0n) is 12.0. The van der Waals surface area contributed by atoms with Crippen LogP contribution in [0.4, 0.5) is 16.2 Å². The lowest BCUT2D eigenvalue weighted by atomic mass is 10.2. The number of urea groups is 1. The SMILES string of the molecule is O=C(Nc1cccc(Cl)c1)N[C@@H]1CSc2ccccc2NC1=O. The third kappa shape index (κ3) is 3.97. The molecule has 1 atom stereocenters. The molecule has 1 aliphatic heterocycles. The number of rotatable bonds is 2.